The molecule has 1 N–H and O–H groups in total. The van der Waals surface area contributed by atoms with Crippen LogP contribution in [0.1, 0.15) is 99.9 Å². The van der Waals surface area contributed by atoms with Crippen LogP contribution in [-0.2, 0) is 22.6 Å². The van der Waals surface area contributed by atoms with Gasteiger partial charge >= 0.3 is 0 Å². The first-order valence-electron chi connectivity index (χ1n) is 24.2. The third kappa shape index (κ3) is 9.92. The van der Waals surface area contributed by atoms with Crippen molar-refractivity contribution in [3.63, 3.8) is 0 Å². The quantitative estimate of drug-likeness (QED) is 0.155. The molecule has 1 amide bonds. The number of nitrogens with zero attached hydrogens (tertiary/aromatic N) is 7. The molecular formula is C53H64N8O3. The second kappa shape index (κ2) is 20.1. The molecule has 7 aromatic rings. The number of nitrogens with one attached hydrogen (secondary N) is 1. The predicted octanol–water partition coefficient (Wildman–Crippen LogP) is 10.7. The minimum absolute atomic E-state index is 0.0656. The lowest BCUT2D eigenvalue weighted by Crippen LogP contribution is -2.32. The van der Waals surface area contributed by atoms with Crippen LogP contribution in [0.3, 0.4) is 0 Å². The summed E-state index contributed by atoms with van der Waals surface area (Å²) >= 11 is 0. The van der Waals surface area contributed by atoms with E-state index in [4.69, 9.17) is 9.47 Å². The molecule has 64 heavy (non-hydrogen) atoms. The van der Waals surface area contributed by atoms with Crippen LogP contribution in [-0.4, -0.2) is 78.9 Å². The van der Waals surface area contributed by atoms with Gasteiger partial charge in [0.2, 0.25) is 0 Å². The Balaban J connectivity index is 0.000000156. The van der Waals surface area contributed by atoms with Gasteiger partial charge in [-0.1, -0.05) is 30.3 Å². The van der Waals surface area contributed by atoms with Gasteiger partial charge in [0, 0.05) is 103 Å². The smallest absolute Gasteiger partial charge is 0.253 e. The monoisotopic (exact) mass is 861 g/mol. The summed E-state index contributed by atoms with van der Waals surface area (Å²) in [6.07, 6.45) is 26.7. The maximum atomic E-state index is 12.9. The number of amides is 1. The lowest BCUT2D eigenvalue weighted by molar-refractivity contribution is -0.0395. The molecule has 4 aliphatic rings. The second-order valence-electron chi connectivity index (χ2n) is 18.5. The van der Waals surface area contributed by atoms with Gasteiger partial charge < -0.3 is 28.8 Å². The van der Waals surface area contributed by atoms with E-state index in [1.54, 1.807) is 0 Å². The molecule has 4 unspecified atom stereocenters. The van der Waals surface area contributed by atoms with Crippen molar-refractivity contribution in [2.45, 2.75) is 103 Å². The summed E-state index contributed by atoms with van der Waals surface area (Å²) in [6, 6.07) is 27.6. The highest BCUT2D eigenvalue weighted by molar-refractivity contribution is 5.94. The van der Waals surface area contributed by atoms with Crippen LogP contribution in [0.5, 0.6) is 0 Å². The van der Waals surface area contributed by atoms with Gasteiger partial charge in [-0.25, -0.2) is 9.36 Å². The number of ether oxygens (including phenoxy) is 2. The van der Waals surface area contributed by atoms with Crippen LogP contribution in [0.4, 0.5) is 0 Å². The Morgan fingerprint density at radius 3 is 1.77 bits per heavy atom. The molecule has 4 saturated heterocycles. The topological polar surface area (TPSA) is 96.3 Å². The maximum absolute atomic E-state index is 12.9. The van der Waals surface area contributed by atoms with Crippen molar-refractivity contribution in [1.82, 2.24) is 38.9 Å². The Morgan fingerprint density at radius 2 is 1.17 bits per heavy atom. The highest BCUT2D eigenvalue weighted by atomic mass is 16.5. The normalized spacial score (nSPS) is 22.2. The van der Waals surface area contributed by atoms with Crippen molar-refractivity contribution in [2.24, 2.45) is 11.8 Å². The Labute approximate surface area is 377 Å². The SMILES string of the molecule is O=C(c1ccccc1)N1CCCC(Cn2ccc3cc(-c4cnn(C5CCCCO5)c4)ccc32)CC1.c1cc2c(ccn2CC2CCCNCC2)cc1-c1cnn(C2CCCCO2)c1. The number of carbonyl (C=O) groups is 1. The molecule has 3 aromatic carbocycles. The summed E-state index contributed by atoms with van der Waals surface area (Å²) in [6.45, 7) is 7.79. The lowest BCUT2D eigenvalue weighted by atomic mass is 10.0. The van der Waals surface area contributed by atoms with E-state index in [0.29, 0.717) is 5.92 Å². The van der Waals surface area contributed by atoms with Crippen molar-refractivity contribution < 1.29 is 14.3 Å². The fraction of sp³-hybridized carbons (Fsp3) is 0.453. The number of hydrogen-bond acceptors (Lipinski definition) is 6. The zero-order valence-corrected chi connectivity index (χ0v) is 37.3. The van der Waals surface area contributed by atoms with E-state index in [1.165, 1.54) is 77.1 Å². The van der Waals surface area contributed by atoms with Crippen LogP contribution < -0.4 is 5.32 Å². The summed E-state index contributed by atoms with van der Waals surface area (Å²) in [5.41, 5.74) is 8.11. The second-order valence-corrected chi connectivity index (χ2v) is 18.5. The molecule has 8 heterocycles. The molecule has 0 bridgehead atoms. The van der Waals surface area contributed by atoms with E-state index in [9.17, 15) is 4.79 Å². The van der Waals surface area contributed by atoms with Gasteiger partial charge in [-0.05, 0) is 162 Å². The number of carbonyl (C=O) groups excluding carboxylic acids is 1. The van der Waals surface area contributed by atoms with Crippen molar-refractivity contribution in [1.29, 1.82) is 0 Å². The van der Waals surface area contributed by atoms with Gasteiger partial charge in [0.1, 0.15) is 12.5 Å². The predicted molar refractivity (Wildman–Crippen MR) is 254 cm³/mol. The maximum Gasteiger partial charge on any atom is 0.253 e. The molecular weight excluding hydrogens is 797 g/mol. The molecule has 0 saturated carbocycles. The van der Waals surface area contributed by atoms with Crippen molar-refractivity contribution in [2.75, 3.05) is 39.4 Å². The molecule has 0 radical (unpaired) electrons. The van der Waals surface area contributed by atoms with E-state index < -0.39 is 0 Å². The fourth-order valence-corrected chi connectivity index (χ4v) is 10.4. The average Bonchev–Trinajstić information content (AvgIpc) is 4.14. The zero-order chi connectivity index (χ0) is 43.1. The Bertz CT molecular complexity index is 2590. The van der Waals surface area contributed by atoms with E-state index >= 15 is 0 Å². The van der Waals surface area contributed by atoms with Gasteiger partial charge in [0.05, 0.1) is 12.4 Å². The third-order valence-electron chi connectivity index (χ3n) is 14.1. The van der Waals surface area contributed by atoms with Gasteiger partial charge in [-0.15, -0.1) is 0 Å². The fourth-order valence-electron chi connectivity index (χ4n) is 10.4. The molecule has 0 aliphatic carbocycles. The van der Waals surface area contributed by atoms with E-state index in [1.807, 2.05) is 57.0 Å². The van der Waals surface area contributed by atoms with E-state index in [0.717, 1.165) is 108 Å². The molecule has 4 aromatic heterocycles. The number of fused-ring (bicyclic) bond motifs is 2. The van der Waals surface area contributed by atoms with E-state index in [-0.39, 0.29) is 18.4 Å². The number of hydrogen-bond donors (Lipinski definition) is 1. The number of likely N-dealkylation sites (tertiary alicyclic amines) is 1. The Hall–Kier alpha value is -5.49. The highest BCUT2D eigenvalue weighted by Gasteiger charge is 2.23. The number of aromatic nitrogens is 6. The lowest BCUT2D eigenvalue weighted by Gasteiger charge is -2.22. The average molecular weight is 861 g/mol. The van der Waals surface area contributed by atoms with Crippen molar-refractivity contribution in [3.8, 4) is 22.3 Å². The molecule has 4 atom stereocenters. The zero-order valence-electron chi connectivity index (χ0n) is 37.3. The summed E-state index contributed by atoms with van der Waals surface area (Å²) in [5, 5.41) is 15.2. The Morgan fingerprint density at radius 1 is 0.578 bits per heavy atom. The number of benzene rings is 3. The van der Waals surface area contributed by atoms with Crippen molar-refractivity contribution >= 4 is 27.7 Å². The first kappa shape index (κ1) is 42.5. The van der Waals surface area contributed by atoms with Crippen LogP contribution in [0.15, 0.2) is 116 Å². The Kier molecular flexibility index (Phi) is 13.4. The minimum Gasteiger partial charge on any atom is -0.357 e. The van der Waals surface area contributed by atoms with Crippen LogP contribution in [0.25, 0.3) is 44.1 Å². The largest absolute Gasteiger partial charge is 0.357 e. The molecule has 4 fully saturated rings. The molecule has 11 rings (SSSR count). The van der Waals surface area contributed by atoms with Gasteiger partial charge in [-0.3, -0.25) is 4.79 Å². The van der Waals surface area contributed by atoms with Crippen LogP contribution >= 0.6 is 0 Å². The molecule has 4 aliphatic heterocycles. The molecule has 11 heteroatoms. The summed E-state index contributed by atoms with van der Waals surface area (Å²) in [4.78, 5) is 14.9. The summed E-state index contributed by atoms with van der Waals surface area (Å²) in [5.74, 6) is 1.51. The summed E-state index contributed by atoms with van der Waals surface area (Å²) < 4.78 is 20.5. The van der Waals surface area contributed by atoms with Gasteiger partial charge in [-0.2, -0.15) is 10.2 Å². The van der Waals surface area contributed by atoms with Gasteiger partial charge in [0.15, 0.2) is 0 Å². The van der Waals surface area contributed by atoms with E-state index in [2.05, 4.69) is 98.0 Å². The van der Waals surface area contributed by atoms with Crippen LogP contribution in [0, 0.1) is 11.8 Å². The van der Waals surface area contributed by atoms with Crippen LogP contribution in [0.2, 0.25) is 0 Å². The standard InChI is InChI=1S/C30H34N4O2.C23H30N4O/c35-30(24-8-2-1-3-9-24)32-15-6-7-23(13-16-32)21-33-17-14-26-19-25(11-12-28(26)33)27-20-31-34(22-27)29-10-4-5-18-36-29;1-2-13-28-23(5-1)27-17-21(15-25-27)19-6-7-22-20(14-19)9-12-26(22)16-18-4-3-10-24-11-8-18/h1-3,8-9,11-12,14,17,19-20,22-23,29H,4-7,10,13,15-16,18,21H2;6-7,9,12,14-15,17-18,23-24H,1-5,8,10-11,13,16H2. The highest BCUT2D eigenvalue weighted by Crippen LogP contribution is 2.31. The first-order chi connectivity index (χ1) is 31.6. The molecule has 334 valence electrons. The molecule has 0 spiro atoms. The minimum atomic E-state index is 0.0656. The molecule has 11 nitrogen and oxygen atoms in total. The van der Waals surface area contributed by atoms with Crippen molar-refractivity contribution in [3.05, 3.63) is 122 Å². The number of rotatable bonds is 9. The first-order valence-corrected chi connectivity index (χ1v) is 24.2. The van der Waals surface area contributed by atoms with Gasteiger partial charge in [0.25, 0.3) is 5.91 Å². The summed E-state index contributed by atoms with van der Waals surface area (Å²) in [7, 11) is 0. The third-order valence-corrected chi connectivity index (χ3v) is 14.1.